The summed E-state index contributed by atoms with van der Waals surface area (Å²) in [6.07, 6.45) is 0.434. The van der Waals surface area contributed by atoms with Crippen molar-refractivity contribution in [1.82, 2.24) is 15.1 Å². The van der Waals surface area contributed by atoms with E-state index >= 15 is 0 Å². The van der Waals surface area contributed by atoms with Crippen LogP contribution in [0.2, 0.25) is 0 Å². The standard InChI is InChI=1S/C21H26FN3O4/c1-12(2)10-23-19(27)17-15-8-9-25(11-13-4-6-14(22)7-5-13)20(28)16(15)18(26)21(29)24(17)3/h4-7,12,15,17,26H,8-11H2,1-3H3,(H,23,27). The number of rotatable bonds is 5. The van der Waals surface area contributed by atoms with Gasteiger partial charge >= 0.3 is 0 Å². The number of aliphatic hydroxyl groups is 1. The first-order chi connectivity index (χ1) is 13.7. The molecule has 0 saturated carbocycles. The van der Waals surface area contributed by atoms with Crippen LogP contribution in [0.5, 0.6) is 0 Å². The number of likely N-dealkylation sites (tertiary alicyclic amines) is 1. The molecule has 2 aliphatic rings. The number of piperidine rings is 1. The third kappa shape index (κ3) is 4.11. The number of benzene rings is 1. The Labute approximate surface area is 169 Å². The molecule has 2 heterocycles. The average molecular weight is 403 g/mol. The molecular weight excluding hydrogens is 377 g/mol. The van der Waals surface area contributed by atoms with Gasteiger partial charge in [0.15, 0.2) is 5.76 Å². The van der Waals surface area contributed by atoms with Crippen LogP contribution >= 0.6 is 0 Å². The van der Waals surface area contributed by atoms with Crippen molar-refractivity contribution in [3.63, 3.8) is 0 Å². The minimum Gasteiger partial charge on any atom is -0.503 e. The molecule has 3 rings (SSSR count). The Bertz CT molecular complexity index is 850. The van der Waals surface area contributed by atoms with Gasteiger partial charge in [-0.2, -0.15) is 0 Å². The number of halogens is 1. The number of nitrogens with one attached hydrogen (secondary N) is 1. The zero-order chi connectivity index (χ0) is 21.3. The lowest BCUT2D eigenvalue weighted by atomic mass is 9.79. The number of fused-ring (bicyclic) bond motifs is 1. The summed E-state index contributed by atoms with van der Waals surface area (Å²) >= 11 is 0. The highest BCUT2D eigenvalue weighted by Crippen LogP contribution is 2.36. The van der Waals surface area contributed by atoms with E-state index in [1.165, 1.54) is 29.0 Å². The summed E-state index contributed by atoms with van der Waals surface area (Å²) in [6.45, 7) is 4.99. The minimum absolute atomic E-state index is 0.00819. The van der Waals surface area contributed by atoms with Crippen LogP contribution in [-0.4, -0.2) is 58.8 Å². The van der Waals surface area contributed by atoms with Crippen molar-refractivity contribution in [2.75, 3.05) is 20.1 Å². The van der Waals surface area contributed by atoms with Crippen molar-refractivity contribution in [2.45, 2.75) is 32.9 Å². The van der Waals surface area contributed by atoms with Gasteiger partial charge in [-0.25, -0.2) is 4.39 Å². The van der Waals surface area contributed by atoms with Crippen molar-refractivity contribution in [1.29, 1.82) is 0 Å². The van der Waals surface area contributed by atoms with Crippen LogP contribution < -0.4 is 5.32 Å². The van der Waals surface area contributed by atoms with Gasteiger partial charge in [-0.15, -0.1) is 0 Å². The molecule has 2 N–H and O–H groups in total. The molecule has 7 nitrogen and oxygen atoms in total. The fraction of sp³-hybridized carbons (Fsp3) is 0.476. The number of hydrogen-bond acceptors (Lipinski definition) is 4. The average Bonchev–Trinajstić information content (AvgIpc) is 2.68. The van der Waals surface area contributed by atoms with Gasteiger partial charge in [-0.1, -0.05) is 26.0 Å². The second kappa shape index (κ2) is 8.23. The van der Waals surface area contributed by atoms with E-state index in [4.69, 9.17) is 0 Å². The number of nitrogens with zero attached hydrogens (tertiary/aromatic N) is 2. The van der Waals surface area contributed by atoms with E-state index in [1.54, 1.807) is 12.1 Å². The maximum Gasteiger partial charge on any atom is 0.289 e. The van der Waals surface area contributed by atoms with Crippen LogP contribution in [-0.2, 0) is 20.9 Å². The molecule has 1 aromatic carbocycles. The second-order valence-electron chi connectivity index (χ2n) is 8.01. The Balaban J connectivity index is 1.85. The summed E-state index contributed by atoms with van der Waals surface area (Å²) < 4.78 is 13.1. The topological polar surface area (TPSA) is 90.0 Å². The van der Waals surface area contributed by atoms with Gasteiger partial charge in [0.25, 0.3) is 11.8 Å². The smallest absolute Gasteiger partial charge is 0.289 e. The highest BCUT2D eigenvalue weighted by molar-refractivity contribution is 6.07. The molecule has 2 aliphatic heterocycles. The molecule has 156 valence electrons. The number of likely N-dealkylation sites (N-methyl/N-ethyl adjacent to an activating group) is 1. The summed E-state index contributed by atoms with van der Waals surface area (Å²) in [5.74, 6) is -2.82. The lowest BCUT2D eigenvalue weighted by molar-refractivity contribution is -0.145. The summed E-state index contributed by atoms with van der Waals surface area (Å²) in [7, 11) is 1.46. The summed E-state index contributed by atoms with van der Waals surface area (Å²) in [5, 5.41) is 13.2. The largest absolute Gasteiger partial charge is 0.503 e. The molecule has 0 bridgehead atoms. The molecule has 2 unspecified atom stereocenters. The van der Waals surface area contributed by atoms with E-state index in [-0.39, 0.29) is 29.8 Å². The fourth-order valence-corrected chi connectivity index (χ4v) is 3.87. The van der Waals surface area contributed by atoms with Gasteiger partial charge < -0.3 is 20.2 Å². The Hall–Kier alpha value is -2.90. The van der Waals surface area contributed by atoms with Gasteiger partial charge in [0.1, 0.15) is 11.9 Å². The molecule has 1 saturated heterocycles. The lowest BCUT2D eigenvalue weighted by Crippen LogP contribution is -2.59. The van der Waals surface area contributed by atoms with E-state index in [0.717, 1.165) is 5.56 Å². The predicted octanol–water partition coefficient (Wildman–Crippen LogP) is 1.60. The summed E-state index contributed by atoms with van der Waals surface area (Å²) in [6, 6.07) is 4.97. The maximum atomic E-state index is 13.1. The van der Waals surface area contributed by atoms with Crippen molar-refractivity contribution >= 4 is 17.7 Å². The predicted molar refractivity (Wildman–Crippen MR) is 104 cm³/mol. The molecule has 1 fully saturated rings. The second-order valence-corrected chi connectivity index (χ2v) is 8.01. The Morgan fingerprint density at radius 3 is 2.52 bits per heavy atom. The number of carbonyl (C=O) groups excluding carboxylic acids is 3. The molecule has 29 heavy (non-hydrogen) atoms. The van der Waals surface area contributed by atoms with Crippen molar-refractivity contribution in [3.05, 3.63) is 47.0 Å². The van der Waals surface area contributed by atoms with E-state index < -0.39 is 29.5 Å². The first kappa shape index (κ1) is 20.8. The van der Waals surface area contributed by atoms with Crippen LogP contribution in [0.25, 0.3) is 0 Å². The van der Waals surface area contributed by atoms with Gasteiger partial charge in [-0.3, -0.25) is 14.4 Å². The molecule has 0 aromatic heterocycles. The first-order valence-corrected chi connectivity index (χ1v) is 9.72. The maximum absolute atomic E-state index is 13.1. The SMILES string of the molecule is CC(C)CNC(=O)C1C2CCN(Cc3ccc(F)cc3)C(=O)C2=C(O)C(=O)N1C. The Morgan fingerprint density at radius 1 is 1.24 bits per heavy atom. The van der Waals surface area contributed by atoms with Gasteiger partial charge in [0, 0.05) is 32.6 Å². The monoisotopic (exact) mass is 403 g/mol. The number of aliphatic hydroxyl groups excluding tert-OH is 1. The van der Waals surface area contributed by atoms with Crippen LogP contribution in [0, 0.1) is 17.7 Å². The van der Waals surface area contributed by atoms with E-state index in [9.17, 15) is 23.9 Å². The minimum atomic E-state index is -0.843. The van der Waals surface area contributed by atoms with E-state index in [1.807, 2.05) is 13.8 Å². The molecule has 0 spiro atoms. The third-order valence-corrected chi connectivity index (χ3v) is 5.41. The molecule has 0 radical (unpaired) electrons. The van der Waals surface area contributed by atoms with Crippen molar-refractivity contribution in [3.8, 4) is 0 Å². The number of hydrogen-bond donors (Lipinski definition) is 2. The van der Waals surface area contributed by atoms with E-state index in [0.29, 0.717) is 19.5 Å². The number of carbonyl (C=O) groups is 3. The Kier molecular flexibility index (Phi) is 5.91. The molecule has 3 amide bonds. The molecular formula is C21H26FN3O4. The number of amides is 3. The van der Waals surface area contributed by atoms with Crippen molar-refractivity contribution < 1.29 is 23.9 Å². The normalized spacial score (nSPS) is 22.2. The van der Waals surface area contributed by atoms with E-state index in [2.05, 4.69) is 5.32 Å². The third-order valence-electron chi connectivity index (χ3n) is 5.41. The van der Waals surface area contributed by atoms with Crippen LogP contribution in [0.4, 0.5) is 4.39 Å². The lowest BCUT2D eigenvalue weighted by Gasteiger charge is -2.43. The highest BCUT2D eigenvalue weighted by Gasteiger charge is 2.49. The fourth-order valence-electron chi connectivity index (χ4n) is 3.87. The molecule has 2 atom stereocenters. The Morgan fingerprint density at radius 2 is 1.90 bits per heavy atom. The van der Waals surface area contributed by atoms with Crippen molar-refractivity contribution in [2.24, 2.45) is 11.8 Å². The molecule has 8 heteroatoms. The van der Waals surface area contributed by atoms with Crippen LogP contribution in [0.3, 0.4) is 0 Å². The van der Waals surface area contributed by atoms with Gasteiger partial charge in [0.05, 0.1) is 5.57 Å². The van der Waals surface area contributed by atoms with Crippen LogP contribution in [0.15, 0.2) is 35.6 Å². The quantitative estimate of drug-likeness (QED) is 0.782. The first-order valence-electron chi connectivity index (χ1n) is 9.72. The zero-order valence-corrected chi connectivity index (χ0v) is 16.8. The summed E-state index contributed by atoms with van der Waals surface area (Å²) in [5.41, 5.74) is 0.731. The molecule has 1 aromatic rings. The highest BCUT2D eigenvalue weighted by atomic mass is 19.1. The van der Waals surface area contributed by atoms with Gasteiger partial charge in [-0.05, 0) is 30.0 Å². The molecule has 0 aliphatic carbocycles. The van der Waals surface area contributed by atoms with Crippen LogP contribution in [0.1, 0.15) is 25.8 Å². The summed E-state index contributed by atoms with van der Waals surface area (Å²) in [4.78, 5) is 41.0. The zero-order valence-electron chi connectivity index (χ0n) is 16.8. The van der Waals surface area contributed by atoms with Gasteiger partial charge in [0.2, 0.25) is 5.91 Å².